The summed E-state index contributed by atoms with van der Waals surface area (Å²) in [7, 11) is -2.28. The number of carbonyl (C=O) groups excluding carboxylic acids is 3. The zero-order chi connectivity index (χ0) is 48.0. The lowest BCUT2D eigenvalue weighted by Gasteiger charge is -2.34. The molecule has 67 heavy (non-hydrogen) atoms. The number of hydrogen-bond donors (Lipinski definition) is 4. The summed E-state index contributed by atoms with van der Waals surface area (Å²) in [5, 5.41) is 22.2. The number of thiazole rings is 1. The number of allylic oxidation sites excluding steroid dienone is 2. The van der Waals surface area contributed by atoms with E-state index in [1.165, 1.54) is 20.5 Å². The molecule has 19 heteroatoms. The molecular formula is C48H61N7O10S2. The van der Waals surface area contributed by atoms with Gasteiger partial charge in [0.1, 0.15) is 47.5 Å². The van der Waals surface area contributed by atoms with E-state index in [1.54, 1.807) is 49.6 Å². The Morgan fingerprint density at radius 1 is 1.00 bits per heavy atom. The van der Waals surface area contributed by atoms with Gasteiger partial charge < -0.3 is 40.2 Å². The predicted octanol–water partition coefficient (Wildman–Crippen LogP) is 7.12. The Balaban J connectivity index is 1.18. The fourth-order valence-corrected chi connectivity index (χ4v) is 11.0. The average Bonchev–Trinajstić information content (AvgIpc) is 3.99. The molecule has 360 valence electrons. The predicted molar refractivity (Wildman–Crippen MR) is 254 cm³/mol. The third-order valence-corrected chi connectivity index (χ3v) is 14.9. The van der Waals surface area contributed by atoms with Crippen LogP contribution in [0.4, 0.5) is 9.93 Å². The Labute approximate surface area is 395 Å². The Bertz CT molecular complexity index is 2590. The molecule has 2 aromatic heterocycles. The Morgan fingerprint density at radius 2 is 1.78 bits per heavy atom. The summed E-state index contributed by atoms with van der Waals surface area (Å²) < 4.78 is 46.6. The number of carbonyl (C=O) groups is 4. The van der Waals surface area contributed by atoms with Crippen LogP contribution in [-0.2, 0) is 35.7 Å². The zero-order valence-corrected chi connectivity index (χ0v) is 40.5. The standard InChI is InChI=1S/C48H61N7O10S2/c1-29(2)49-46-52-38(28-66-46)37-24-40(33-21-20-31(63-6)22-36(33)50-37)64-32-23-39-43(56)51-35(45(58)59)18-13-11-9-7-8-10-12-17-34(44(57)55(39)26-32)53-47(60)65-42(48(3,4)5)27-54-25-30-16-14-15-19-41(30)67(54,61)62/h9,11,14-16,19-22,24,28-29,32,34-35,39,42H,7-8,10,12-13,17-18,23,25-27H2,1-6H3,(H,49,52)(H,51,56)(H,53,60)(H,58,59)/t32-,34+,35+,39+,42-/m1/s1. The summed E-state index contributed by atoms with van der Waals surface area (Å²) in [6.45, 7) is 9.51. The van der Waals surface area contributed by atoms with Gasteiger partial charge in [-0.15, -0.1) is 11.3 Å². The lowest BCUT2D eigenvalue weighted by atomic mass is 9.89. The first-order valence-corrected chi connectivity index (χ1v) is 25.1. The number of fused-ring (bicyclic) bond motifs is 3. The highest BCUT2D eigenvalue weighted by Crippen LogP contribution is 2.37. The average molecular weight is 960 g/mol. The van der Waals surface area contributed by atoms with Crippen LogP contribution in [0, 0.1) is 5.41 Å². The summed E-state index contributed by atoms with van der Waals surface area (Å²) in [5.41, 5.74) is 1.65. The van der Waals surface area contributed by atoms with Crippen LogP contribution in [0.2, 0.25) is 0 Å². The van der Waals surface area contributed by atoms with Gasteiger partial charge in [0.2, 0.25) is 21.8 Å². The number of hydrogen-bond acceptors (Lipinski definition) is 13. The van der Waals surface area contributed by atoms with Crippen LogP contribution in [-0.4, -0.2) is 113 Å². The maximum atomic E-state index is 15.0. The quantitative estimate of drug-likeness (QED) is 0.110. The first-order valence-electron chi connectivity index (χ1n) is 22.8. The van der Waals surface area contributed by atoms with Crippen molar-refractivity contribution in [1.82, 2.24) is 29.8 Å². The minimum absolute atomic E-state index is 0.00817. The van der Waals surface area contributed by atoms with Gasteiger partial charge in [0.15, 0.2) is 5.13 Å². The molecule has 17 nitrogen and oxygen atoms in total. The molecule has 4 aromatic rings. The van der Waals surface area contributed by atoms with Gasteiger partial charge in [0, 0.05) is 47.3 Å². The van der Waals surface area contributed by atoms with Crippen LogP contribution >= 0.6 is 11.3 Å². The second kappa shape index (κ2) is 21.0. The smallest absolute Gasteiger partial charge is 0.408 e. The van der Waals surface area contributed by atoms with Crippen LogP contribution in [0.5, 0.6) is 11.5 Å². The number of anilines is 1. The largest absolute Gasteiger partial charge is 0.497 e. The van der Waals surface area contributed by atoms with E-state index >= 15 is 0 Å². The molecule has 0 saturated carbocycles. The normalized spacial score (nSPS) is 22.2. The van der Waals surface area contributed by atoms with E-state index in [0.29, 0.717) is 52.2 Å². The number of ether oxygens (including phenoxy) is 3. The second-order valence-electron chi connectivity index (χ2n) is 18.7. The van der Waals surface area contributed by atoms with Crippen LogP contribution in [0.1, 0.15) is 91.5 Å². The molecule has 1 fully saturated rings. The van der Waals surface area contributed by atoms with E-state index in [2.05, 4.69) is 16.0 Å². The number of pyridine rings is 1. The van der Waals surface area contributed by atoms with Gasteiger partial charge in [0.05, 0.1) is 36.3 Å². The lowest BCUT2D eigenvalue weighted by Crippen LogP contribution is -2.56. The van der Waals surface area contributed by atoms with Crippen molar-refractivity contribution in [2.45, 2.75) is 134 Å². The molecule has 2 aromatic carbocycles. The number of benzene rings is 2. The molecule has 0 radical (unpaired) electrons. The SMILES string of the molecule is COc1ccc2c(O[C@@H]3C[C@H]4C(=O)N[C@H](C(=O)O)CCC=CCCCCC[C@H](NC(=O)O[C@H](CN5Cc6ccccc6S5(=O)=O)C(C)(C)C)C(=O)N4C3)cc(-c3csc(NC(C)C)n3)nc2c1. The van der Waals surface area contributed by atoms with Gasteiger partial charge in [-0.1, -0.05) is 64.0 Å². The maximum absolute atomic E-state index is 15.0. The van der Waals surface area contributed by atoms with Crippen LogP contribution in [0.25, 0.3) is 22.3 Å². The first kappa shape index (κ1) is 49.1. The van der Waals surface area contributed by atoms with Crippen molar-refractivity contribution in [1.29, 1.82) is 0 Å². The number of nitrogens with one attached hydrogen (secondary N) is 3. The third kappa shape index (κ3) is 11.9. The van der Waals surface area contributed by atoms with Crippen molar-refractivity contribution in [2.24, 2.45) is 5.41 Å². The number of rotatable bonds is 11. The number of aliphatic carboxylic acids is 1. The van der Waals surface area contributed by atoms with Gasteiger partial charge in [0.25, 0.3) is 0 Å². The van der Waals surface area contributed by atoms with E-state index in [1.807, 2.05) is 58.2 Å². The summed E-state index contributed by atoms with van der Waals surface area (Å²) >= 11 is 1.44. The molecular weight excluding hydrogens is 899 g/mol. The number of aromatic nitrogens is 2. The second-order valence-corrected chi connectivity index (χ2v) is 21.4. The van der Waals surface area contributed by atoms with E-state index in [9.17, 15) is 32.7 Å². The highest BCUT2D eigenvalue weighted by atomic mass is 32.2. The fourth-order valence-electron chi connectivity index (χ4n) is 8.50. The molecule has 5 atom stereocenters. The molecule has 3 aliphatic heterocycles. The van der Waals surface area contributed by atoms with E-state index in [-0.39, 0.29) is 49.8 Å². The topological polar surface area (TPSA) is 219 Å². The van der Waals surface area contributed by atoms with Crippen molar-refractivity contribution in [3.8, 4) is 22.9 Å². The molecule has 0 spiro atoms. The number of carboxylic acids is 1. The minimum Gasteiger partial charge on any atom is -0.497 e. The maximum Gasteiger partial charge on any atom is 0.408 e. The monoisotopic (exact) mass is 959 g/mol. The van der Waals surface area contributed by atoms with Crippen LogP contribution in [0.3, 0.4) is 0 Å². The summed E-state index contributed by atoms with van der Waals surface area (Å²) in [6.07, 6.45) is 4.94. The van der Waals surface area contributed by atoms with Crippen LogP contribution < -0.4 is 25.4 Å². The van der Waals surface area contributed by atoms with Gasteiger partial charge >= 0.3 is 12.1 Å². The molecule has 5 heterocycles. The summed E-state index contributed by atoms with van der Waals surface area (Å²) in [5.74, 6) is -1.43. The molecule has 1 saturated heterocycles. The molecule has 7 rings (SSSR count). The van der Waals surface area contributed by atoms with Crippen LogP contribution in [0.15, 0.2) is 71.0 Å². The summed E-state index contributed by atoms with van der Waals surface area (Å²) in [6, 6.07) is 10.5. The number of carboxylic acid groups (broad SMARTS) is 1. The van der Waals surface area contributed by atoms with Gasteiger partial charge in [-0.05, 0) is 69.7 Å². The lowest BCUT2D eigenvalue weighted by molar-refractivity contribution is -0.144. The molecule has 0 unspecified atom stereocenters. The number of amides is 3. The zero-order valence-electron chi connectivity index (χ0n) is 38.8. The van der Waals surface area contributed by atoms with Gasteiger partial charge in [-0.3, -0.25) is 9.59 Å². The van der Waals surface area contributed by atoms with E-state index in [4.69, 9.17) is 24.2 Å². The molecule has 4 N–H and O–H groups in total. The number of nitrogens with zero attached hydrogens (tertiary/aromatic N) is 4. The number of alkyl carbamates (subject to hydrolysis) is 1. The summed E-state index contributed by atoms with van der Waals surface area (Å²) in [4.78, 5) is 66.9. The van der Waals surface area contributed by atoms with Crippen molar-refractivity contribution >= 4 is 61.3 Å². The minimum atomic E-state index is -3.84. The molecule has 0 aliphatic carbocycles. The fraction of sp³-hybridized carbons (Fsp3) is 0.500. The Morgan fingerprint density at radius 3 is 2.51 bits per heavy atom. The van der Waals surface area contributed by atoms with Crippen molar-refractivity contribution < 1.29 is 46.9 Å². The highest BCUT2D eigenvalue weighted by Gasteiger charge is 2.45. The first-order chi connectivity index (χ1) is 31.9. The molecule has 3 aliphatic rings. The van der Waals surface area contributed by atoms with Crippen molar-refractivity contribution in [3.63, 3.8) is 0 Å². The van der Waals surface area contributed by atoms with Gasteiger partial charge in [-0.25, -0.2) is 28.0 Å². The Kier molecular flexibility index (Phi) is 15.4. The highest BCUT2D eigenvalue weighted by molar-refractivity contribution is 7.89. The van der Waals surface area contributed by atoms with Crippen molar-refractivity contribution in [3.05, 3.63) is 71.6 Å². The number of sulfonamides is 1. The van der Waals surface area contributed by atoms with Crippen molar-refractivity contribution in [2.75, 3.05) is 25.5 Å². The van der Waals surface area contributed by atoms with E-state index in [0.717, 1.165) is 24.4 Å². The molecule has 0 bridgehead atoms. The van der Waals surface area contributed by atoms with E-state index < -0.39 is 69.6 Å². The number of methoxy groups -OCH3 is 1. The third-order valence-electron chi connectivity index (χ3n) is 12.2. The van der Waals surface area contributed by atoms with Gasteiger partial charge in [-0.2, -0.15) is 4.31 Å². The Hall–Kier alpha value is -5.79. The molecule has 3 amide bonds.